The molecule has 0 aliphatic heterocycles. The number of nitrogens with zero attached hydrogens (tertiary/aromatic N) is 1. The second-order valence-electron chi connectivity index (χ2n) is 4.60. The first-order valence-electron chi connectivity index (χ1n) is 6.24. The van der Waals surface area contributed by atoms with E-state index in [9.17, 15) is 13.2 Å². The SMILES string of the molecule is CCN(C(=O)c1ccc(OC)c(S(N)(=O)=O)c1)C(C)C. The summed E-state index contributed by atoms with van der Waals surface area (Å²) < 4.78 is 28.0. The lowest BCUT2D eigenvalue weighted by Crippen LogP contribution is -2.36. The highest BCUT2D eigenvalue weighted by atomic mass is 32.2. The van der Waals surface area contributed by atoms with Gasteiger partial charge >= 0.3 is 0 Å². The molecule has 0 aromatic heterocycles. The molecule has 0 fully saturated rings. The van der Waals surface area contributed by atoms with E-state index in [2.05, 4.69) is 0 Å². The molecule has 0 saturated heterocycles. The Kier molecular flexibility index (Phi) is 5.13. The van der Waals surface area contributed by atoms with Gasteiger partial charge in [-0.3, -0.25) is 4.79 Å². The molecular weight excluding hydrogens is 280 g/mol. The van der Waals surface area contributed by atoms with E-state index in [0.29, 0.717) is 6.54 Å². The minimum absolute atomic E-state index is 0.0209. The average molecular weight is 300 g/mol. The molecule has 112 valence electrons. The summed E-state index contributed by atoms with van der Waals surface area (Å²) in [7, 11) is -2.60. The zero-order valence-corrected chi connectivity index (χ0v) is 12.9. The lowest BCUT2D eigenvalue weighted by molar-refractivity contribution is 0.0716. The van der Waals surface area contributed by atoms with Gasteiger partial charge in [0.15, 0.2) is 0 Å². The van der Waals surface area contributed by atoms with Crippen LogP contribution >= 0.6 is 0 Å². The molecule has 7 heteroatoms. The maximum absolute atomic E-state index is 12.3. The van der Waals surface area contributed by atoms with Crippen LogP contribution in [0.4, 0.5) is 0 Å². The van der Waals surface area contributed by atoms with Crippen molar-refractivity contribution in [3.63, 3.8) is 0 Å². The van der Waals surface area contributed by atoms with Crippen molar-refractivity contribution in [2.75, 3.05) is 13.7 Å². The molecule has 0 aliphatic rings. The summed E-state index contributed by atoms with van der Waals surface area (Å²) in [5.74, 6) is -0.119. The quantitative estimate of drug-likeness (QED) is 0.885. The van der Waals surface area contributed by atoms with Crippen LogP contribution in [-0.4, -0.2) is 38.9 Å². The van der Waals surface area contributed by atoms with Crippen LogP contribution in [0.15, 0.2) is 23.1 Å². The normalized spacial score (nSPS) is 11.5. The number of hydrogen-bond donors (Lipinski definition) is 1. The number of amides is 1. The predicted octanol–water partition coefficient (Wildman–Crippen LogP) is 1.21. The molecule has 0 unspecified atom stereocenters. The Morgan fingerprint density at radius 2 is 2.00 bits per heavy atom. The van der Waals surface area contributed by atoms with E-state index < -0.39 is 10.0 Å². The first-order chi connectivity index (χ1) is 9.22. The molecule has 2 N–H and O–H groups in total. The van der Waals surface area contributed by atoms with Crippen LogP contribution in [0, 0.1) is 0 Å². The van der Waals surface area contributed by atoms with E-state index in [0.717, 1.165) is 0 Å². The fraction of sp³-hybridized carbons (Fsp3) is 0.462. The smallest absolute Gasteiger partial charge is 0.254 e. The van der Waals surface area contributed by atoms with Crippen molar-refractivity contribution in [3.8, 4) is 5.75 Å². The third-order valence-electron chi connectivity index (χ3n) is 2.94. The number of carbonyl (C=O) groups excluding carboxylic acids is 1. The second-order valence-corrected chi connectivity index (χ2v) is 6.13. The monoisotopic (exact) mass is 300 g/mol. The van der Waals surface area contributed by atoms with Gasteiger partial charge in [0.05, 0.1) is 7.11 Å². The first-order valence-corrected chi connectivity index (χ1v) is 7.78. The maximum atomic E-state index is 12.3. The lowest BCUT2D eigenvalue weighted by Gasteiger charge is -2.25. The molecule has 1 aromatic carbocycles. The number of primary sulfonamides is 1. The summed E-state index contributed by atoms with van der Waals surface area (Å²) in [5.41, 5.74) is 0.269. The van der Waals surface area contributed by atoms with Gasteiger partial charge in [0.2, 0.25) is 10.0 Å². The number of sulfonamides is 1. The van der Waals surface area contributed by atoms with E-state index in [-0.39, 0.29) is 28.2 Å². The predicted molar refractivity (Wildman–Crippen MR) is 76.2 cm³/mol. The molecule has 0 heterocycles. The van der Waals surface area contributed by atoms with E-state index in [1.54, 1.807) is 4.90 Å². The van der Waals surface area contributed by atoms with Crippen LogP contribution in [0.25, 0.3) is 0 Å². The minimum Gasteiger partial charge on any atom is -0.495 e. The van der Waals surface area contributed by atoms with E-state index in [4.69, 9.17) is 9.88 Å². The Hall–Kier alpha value is -1.60. The number of nitrogens with two attached hydrogens (primary N) is 1. The van der Waals surface area contributed by atoms with Crippen LogP contribution < -0.4 is 9.88 Å². The third-order valence-corrected chi connectivity index (χ3v) is 3.87. The number of benzene rings is 1. The van der Waals surface area contributed by atoms with Gasteiger partial charge in [-0.1, -0.05) is 0 Å². The zero-order chi connectivity index (χ0) is 15.5. The zero-order valence-electron chi connectivity index (χ0n) is 12.1. The molecule has 20 heavy (non-hydrogen) atoms. The van der Waals surface area contributed by atoms with Crippen LogP contribution in [0.1, 0.15) is 31.1 Å². The number of methoxy groups -OCH3 is 1. The lowest BCUT2D eigenvalue weighted by atomic mass is 10.1. The van der Waals surface area contributed by atoms with Crippen molar-refractivity contribution >= 4 is 15.9 Å². The van der Waals surface area contributed by atoms with Crippen molar-refractivity contribution in [2.45, 2.75) is 31.7 Å². The fourth-order valence-corrected chi connectivity index (χ4v) is 2.66. The highest BCUT2D eigenvalue weighted by molar-refractivity contribution is 7.89. The van der Waals surface area contributed by atoms with Crippen molar-refractivity contribution < 1.29 is 17.9 Å². The average Bonchev–Trinajstić information content (AvgIpc) is 2.37. The Morgan fingerprint density at radius 3 is 2.40 bits per heavy atom. The van der Waals surface area contributed by atoms with E-state index in [1.807, 2.05) is 20.8 Å². The van der Waals surface area contributed by atoms with Crippen molar-refractivity contribution in [3.05, 3.63) is 23.8 Å². The molecule has 6 nitrogen and oxygen atoms in total. The van der Waals surface area contributed by atoms with Gasteiger partial charge in [-0.15, -0.1) is 0 Å². The number of rotatable bonds is 5. The van der Waals surface area contributed by atoms with Crippen LogP contribution in [0.5, 0.6) is 5.75 Å². The summed E-state index contributed by atoms with van der Waals surface area (Å²) in [4.78, 5) is 13.8. The Morgan fingerprint density at radius 1 is 1.40 bits per heavy atom. The summed E-state index contributed by atoms with van der Waals surface area (Å²) in [6, 6.07) is 4.23. The largest absolute Gasteiger partial charge is 0.495 e. The summed E-state index contributed by atoms with van der Waals surface area (Å²) in [6.07, 6.45) is 0. The second kappa shape index (κ2) is 6.23. The number of ether oxygens (including phenoxy) is 1. The van der Waals surface area contributed by atoms with E-state index in [1.165, 1.54) is 25.3 Å². The summed E-state index contributed by atoms with van der Waals surface area (Å²) >= 11 is 0. The van der Waals surface area contributed by atoms with Gasteiger partial charge in [-0.05, 0) is 39.0 Å². The molecule has 1 aromatic rings. The van der Waals surface area contributed by atoms with Crippen LogP contribution in [-0.2, 0) is 10.0 Å². The Balaban J connectivity index is 3.32. The summed E-state index contributed by atoms with van der Waals surface area (Å²) in [5, 5.41) is 5.14. The van der Waals surface area contributed by atoms with Crippen molar-refractivity contribution in [2.24, 2.45) is 5.14 Å². The van der Waals surface area contributed by atoms with E-state index >= 15 is 0 Å². The molecular formula is C13H20N2O4S. The molecule has 1 rings (SSSR count). The van der Waals surface area contributed by atoms with Gasteiger partial charge in [0.1, 0.15) is 10.6 Å². The molecule has 0 radical (unpaired) electrons. The van der Waals surface area contributed by atoms with Crippen LogP contribution in [0.2, 0.25) is 0 Å². The molecule has 0 saturated carbocycles. The fourth-order valence-electron chi connectivity index (χ4n) is 1.94. The number of carbonyl (C=O) groups is 1. The molecule has 0 atom stereocenters. The molecule has 0 bridgehead atoms. The van der Waals surface area contributed by atoms with Gasteiger partial charge in [-0.2, -0.15) is 0 Å². The van der Waals surface area contributed by atoms with Crippen molar-refractivity contribution in [1.29, 1.82) is 0 Å². The van der Waals surface area contributed by atoms with Crippen molar-refractivity contribution in [1.82, 2.24) is 4.90 Å². The standard InChI is InChI=1S/C13H20N2O4S/c1-5-15(9(2)3)13(16)10-6-7-11(19-4)12(8-10)20(14,17)18/h6-9H,5H2,1-4H3,(H2,14,17,18). The highest BCUT2D eigenvalue weighted by Crippen LogP contribution is 2.24. The van der Waals surface area contributed by atoms with Gasteiger partial charge in [0, 0.05) is 18.2 Å². The Labute approximate surface area is 119 Å². The minimum atomic E-state index is -3.95. The molecule has 1 amide bonds. The maximum Gasteiger partial charge on any atom is 0.254 e. The van der Waals surface area contributed by atoms with Gasteiger partial charge in [-0.25, -0.2) is 13.6 Å². The van der Waals surface area contributed by atoms with Gasteiger partial charge in [0.25, 0.3) is 5.91 Å². The Bertz CT molecular complexity index is 596. The first kappa shape index (κ1) is 16.5. The summed E-state index contributed by atoms with van der Waals surface area (Å²) in [6.45, 7) is 6.19. The molecule has 0 spiro atoms. The van der Waals surface area contributed by atoms with Crippen LogP contribution in [0.3, 0.4) is 0 Å². The van der Waals surface area contributed by atoms with Gasteiger partial charge < -0.3 is 9.64 Å². The number of hydrogen-bond acceptors (Lipinski definition) is 4. The highest BCUT2D eigenvalue weighted by Gasteiger charge is 2.21. The molecule has 0 aliphatic carbocycles. The topological polar surface area (TPSA) is 89.7 Å². The third kappa shape index (κ3) is 3.49.